The Morgan fingerprint density at radius 1 is 1.19 bits per heavy atom. The van der Waals surface area contributed by atoms with Crippen molar-refractivity contribution in [1.82, 2.24) is 4.90 Å². The van der Waals surface area contributed by atoms with Crippen LogP contribution in [0.1, 0.15) is 33.6 Å². The molecule has 27 heavy (non-hydrogen) atoms. The Morgan fingerprint density at radius 2 is 1.85 bits per heavy atom. The van der Waals surface area contributed by atoms with Crippen LogP contribution in [0.3, 0.4) is 0 Å². The molecule has 0 spiro atoms. The number of hydrogen-bond acceptors (Lipinski definition) is 1. The number of amides is 2. The highest BCUT2D eigenvalue weighted by Crippen LogP contribution is 2.34. The molecule has 0 saturated heterocycles. The van der Waals surface area contributed by atoms with Gasteiger partial charge < -0.3 is 14.7 Å². The molecular formula is C23H38N3O+. The lowest BCUT2D eigenvalue weighted by molar-refractivity contribution is -0.870. The quantitative estimate of drug-likeness (QED) is 0.538. The molecule has 4 nitrogen and oxygen atoms in total. The number of benzene rings is 1. The number of quaternary nitrogens is 1. The first kappa shape index (κ1) is 21.5. The fourth-order valence-electron chi connectivity index (χ4n) is 4.15. The molecule has 0 radical (unpaired) electrons. The number of para-hydroxylation sites is 1. The van der Waals surface area contributed by atoms with Gasteiger partial charge in [0, 0.05) is 25.2 Å². The predicted molar refractivity (Wildman–Crippen MR) is 115 cm³/mol. The first-order chi connectivity index (χ1) is 12.7. The number of rotatable bonds is 7. The van der Waals surface area contributed by atoms with Crippen molar-refractivity contribution in [1.29, 1.82) is 0 Å². The van der Waals surface area contributed by atoms with E-state index in [0.29, 0.717) is 17.8 Å². The standard InChI is InChI=1S/C23H37N3O/c1-18-15-19(2)22(20(3)16-18)17-25(13-10-14-26(4,5)6)23(27)24-21-11-8-7-9-12-21/h7-9,11-12,15,19-20,22H,10,13-14,16-17H2,1-6H3/p+1/t19-,20-,22+/m1/s1. The summed E-state index contributed by atoms with van der Waals surface area (Å²) in [5.41, 5.74) is 2.34. The van der Waals surface area contributed by atoms with Gasteiger partial charge in [0.25, 0.3) is 0 Å². The van der Waals surface area contributed by atoms with E-state index in [1.54, 1.807) is 0 Å². The van der Waals surface area contributed by atoms with Crippen molar-refractivity contribution < 1.29 is 9.28 Å². The van der Waals surface area contributed by atoms with E-state index in [-0.39, 0.29) is 6.03 Å². The van der Waals surface area contributed by atoms with Crippen molar-refractivity contribution in [3.05, 3.63) is 42.0 Å². The summed E-state index contributed by atoms with van der Waals surface area (Å²) in [7, 11) is 6.60. The van der Waals surface area contributed by atoms with E-state index in [9.17, 15) is 4.79 Å². The number of nitrogens with zero attached hydrogens (tertiary/aromatic N) is 2. The number of allylic oxidation sites excluding steroid dienone is 2. The van der Waals surface area contributed by atoms with Crippen LogP contribution in [0.4, 0.5) is 10.5 Å². The summed E-state index contributed by atoms with van der Waals surface area (Å²) in [5.74, 6) is 1.63. The highest BCUT2D eigenvalue weighted by atomic mass is 16.2. The SMILES string of the molecule is CC1=C[C@@H](C)[C@H](CN(CCC[N+](C)(C)C)C(=O)Nc2ccccc2)[C@H](C)C1. The van der Waals surface area contributed by atoms with Gasteiger partial charge in [-0.15, -0.1) is 0 Å². The molecule has 2 rings (SSSR count). The number of nitrogens with one attached hydrogen (secondary N) is 1. The molecule has 3 atom stereocenters. The van der Waals surface area contributed by atoms with Crippen molar-refractivity contribution in [2.45, 2.75) is 33.6 Å². The van der Waals surface area contributed by atoms with E-state index in [1.165, 1.54) is 5.57 Å². The molecule has 0 aromatic heterocycles. The van der Waals surface area contributed by atoms with Crippen LogP contribution in [0.25, 0.3) is 0 Å². The lowest BCUT2D eigenvalue weighted by Gasteiger charge is -2.37. The predicted octanol–water partition coefficient (Wildman–Crippen LogP) is 4.86. The Labute approximate surface area is 165 Å². The summed E-state index contributed by atoms with van der Waals surface area (Å²) < 4.78 is 0.923. The minimum absolute atomic E-state index is 0.0216. The van der Waals surface area contributed by atoms with E-state index in [1.807, 2.05) is 35.2 Å². The summed E-state index contributed by atoms with van der Waals surface area (Å²) in [6.45, 7) is 9.53. The number of carbonyl (C=O) groups is 1. The number of carbonyl (C=O) groups excluding carboxylic acids is 1. The maximum atomic E-state index is 13.0. The maximum absolute atomic E-state index is 13.0. The summed E-state index contributed by atoms with van der Waals surface area (Å²) in [6.07, 6.45) is 4.54. The van der Waals surface area contributed by atoms with Gasteiger partial charge in [0.15, 0.2) is 0 Å². The first-order valence-corrected chi connectivity index (χ1v) is 10.2. The van der Waals surface area contributed by atoms with Gasteiger partial charge in [-0.25, -0.2) is 4.79 Å². The van der Waals surface area contributed by atoms with Gasteiger partial charge in [-0.3, -0.25) is 0 Å². The lowest BCUT2D eigenvalue weighted by Crippen LogP contribution is -2.44. The van der Waals surface area contributed by atoms with Crippen LogP contribution in [0.5, 0.6) is 0 Å². The second kappa shape index (κ2) is 9.41. The van der Waals surface area contributed by atoms with Crippen LogP contribution in [-0.4, -0.2) is 56.2 Å². The molecule has 1 aliphatic carbocycles. The average Bonchev–Trinajstić information content (AvgIpc) is 2.56. The third-order valence-electron chi connectivity index (χ3n) is 5.60. The smallest absolute Gasteiger partial charge is 0.321 e. The topological polar surface area (TPSA) is 32.3 Å². The molecule has 1 aliphatic rings. The van der Waals surface area contributed by atoms with Crippen LogP contribution in [0, 0.1) is 17.8 Å². The van der Waals surface area contributed by atoms with Crippen molar-refractivity contribution >= 4 is 11.7 Å². The summed E-state index contributed by atoms with van der Waals surface area (Å²) in [4.78, 5) is 15.1. The highest BCUT2D eigenvalue weighted by molar-refractivity contribution is 5.89. The first-order valence-electron chi connectivity index (χ1n) is 10.2. The molecule has 1 aromatic carbocycles. The molecule has 2 amide bonds. The molecule has 150 valence electrons. The normalized spacial score (nSPS) is 22.9. The van der Waals surface area contributed by atoms with E-state index in [2.05, 4.69) is 53.3 Å². The zero-order valence-electron chi connectivity index (χ0n) is 18.0. The molecule has 0 heterocycles. The van der Waals surface area contributed by atoms with Crippen molar-refractivity contribution in [2.75, 3.05) is 46.1 Å². The van der Waals surface area contributed by atoms with E-state index >= 15 is 0 Å². The number of urea groups is 1. The van der Waals surface area contributed by atoms with E-state index in [4.69, 9.17) is 0 Å². The van der Waals surface area contributed by atoms with Crippen LogP contribution < -0.4 is 5.32 Å². The highest BCUT2D eigenvalue weighted by Gasteiger charge is 2.30. The van der Waals surface area contributed by atoms with Crippen LogP contribution >= 0.6 is 0 Å². The van der Waals surface area contributed by atoms with Gasteiger partial charge in [0.1, 0.15) is 0 Å². The summed E-state index contributed by atoms with van der Waals surface area (Å²) in [5, 5.41) is 3.08. The van der Waals surface area contributed by atoms with Crippen LogP contribution in [0.2, 0.25) is 0 Å². The van der Waals surface area contributed by atoms with E-state index in [0.717, 1.165) is 42.6 Å². The fraction of sp³-hybridized carbons (Fsp3) is 0.609. The maximum Gasteiger partial charge on any atom is 0.321 e. The molecule has 0 aliphatic heterocycles. The third kappa shape index (κ3) is 7.02. The van der Waals surface area contributed by atoms with Crippen molar-refractivity contribution in [2.24, 2.45) is 17.8 Å². The minimum Gasteiger partial charge on any atom is -0.331 e. The van der Waals surface area contributed by atoms with Gasteiger partial charge in [-0.05, 0) is 43.2 Å². The van der Waals surface area contributed by atoms with Gasteiger partial charge in [0.05, 0.1) is 27.7 Å². The van der Waals surface area contributed by atoms with Gasteiger partial charge in [0.2, 0.25) is 0 Å². The van der Waals surface area contributed by atoms with Gasteiger partial charge >= 0.3 is 6.03 Å². The molecule has 0 unspecified atom stereocenters. The van der Waals surface area contributed by atoms with Crippen LogP contribution in [-0.2, 0) is 0 Å². The molecular weight excluding hydrogens is 334 g/mol. The number of anilines is 1. The van der Waals surface area contributed by atoms with Crippen LogP contribution in [0.15, 0.2) is 42.0 Å². The Balaban J connectivity index is 2.07. The minimum atomic E-state index is 0.0216. The van der Waals surface area contributed by atoms with Gasteiger partial charge in [-0.1, -0.05) is 43.7 Å². The Hall–Kier alpha value is -1.81. The second-order valence-electron chi connectivity index (χ2n) is 9.33. The van der Waals surface area contributed by atoms with E-state index < -0.39 is 0 Å². The fourth-order valence-corrected chi connectivity index (χ4v) is 4.15. The van der Waals surface area contributed by atoms with Crippen molar-refractivity contribution in [3.63, 3.8) is 0 Å². The van der Waals surface area contributed by atoms with Crippen molar-refractivity contribution in [3.8, 4) is 0 Å². The van der Waals surface area contributed by atoms with Gasteiger partial charge in [-0.2, -0.15) is 0 Å². The summed E-state index contributed by atoms with van der Waals surface area (Å²) in [6, 6.07) is 9.79. The number of hydrogen-bond donors (Lipinski definition) is 1. The third-order valence-corrected chi connectivity index (χ3v) is 5.60. The zero-order valence-corrected chi connectivity index (χ0v) is 18.0. The summed E-state index contributed by atoms with van der Waals surface area (Å²) >= 11 is 0. The Bertz CT molecular complexity index is 633. The largest absolute Gasteiger partial charge is 0.331 e. The monoisotopic (exact) mass is 372 g/mol. The molecule has 0 fully saturated rings. The molecule has 1 aromatic rings. The Kier molecular flexibility index (Phi) is 7.49. The lowest BCUT2D eigenvalue weighted by atomic mass is 9.75. The second-order valence-corrected chi connectivity index (χ2v) is 9.33. The molecule has 1 N–H and O–H groups in total. The zero-order chi connectivity index (χ0) is 20.0. The molecule has 0 bridgehead atoms. The Morgan fingerprint density at radius 3 is 2.44 bits per heavy atom. The average molecular weight is 373 g/mol. The molecule has 4 heteroatoms. The molecule has 0 saturated carbocycles.